The topological polar surface area (TPSA) is 46.6 Å². The zero-order valence-corrected chi connectivity index (χ0v) is 16.1. The molecule has 26 heavy (non-hydrogen) atoms. The van der Waals surface area contributed by atoms with E-state index >= 15 is 0 Å². The number of allylic oxidation sites excluding steroid dienone is 2. The number of ether oxygens (including phenoxy) is 1. The van der Waals surface area contributed by atoms with E-state index in [0.29, 0.717) is 6.42 Å². The van der Waals surface area contributed by atoms with Crippen LogP contribution >= 0.6 is 11.3 Å². The van der Waals surface area contributed by atoms with Crippen LogP contribution in [0.4, 0.5) is 5.69 Å². The summed E-state index contributed by atoms with van der Waals surface area (Å²) in [6.07, 6.45) is 2.27. The van der Waals surface area contributed by atoms with Crippen molar-refractivity contribution in [2.75, 3.05) is 25.6 Å². The SMILES string of the molecule is CCOC(=O)[C@H]1C(=O)C=C(c2cccs2)C[C@H]1c1ccc(N(C)C)cc1. The van der Waals surface area contributed by atoms with Gasteiger partial charge in [-0.1, -0.05) is 18.2 Å². The highest BCUT2D eigenvalue weighted by Crippen LogP contribution is 2.41. The maximum Gasteiger partial charge on any atom is 0.317 e. The second-order valence-corrected chi connectivity index (χ2v) is 7.52. The van der Waals surface area contributed by atoms with E-state index < -0.39 is 11.9 Å². The van der Waals surface area contributed by atoms with E-state index in [2.05, 4.69) is 0 Å². The van der Waals surface area contributed by atoms with Gasteiger partial charge in [0.2, 0.25) is 0 Å². The molecule has 136 valence electrons. The van der Waals surface area contributed by atoms with Gasteiger partial charge in [0.15, 0.2) is 5.78 Å². The standard InChI is InChI=1S/C21H23NO3S/c1-4-25-21(24)20-17(14-7-9-16(10-8-14)22(2)3)12-15(13-18(20)23)19-6-5-11-26-19/h5-11,13,17,20H,4,12H2,1-3H3/t17-,20+/m0/s1. The first-order chi connectivity index (χ1) is 12.5. The molecule has 0 saturated heterocycles. The predicted octanol–water partition coefficient (Wildman–Crippen LogP) is 4.13. The Kier molecular flexibility index (Phi) is 5.57. The zero-order chi connectivity index (χ0) is 18.7. The van der Waals surface area contributed by atoms with Gasteiger partial charge in [-0.05, 0) is 54.1 Å². The number of benzene rings is 1. The Hall–Kier alpha value is -2.40. The van der Waals surface area contributed by atoms with Gasteiger partial charge < -0.3 is 9.64 Å². The van der Waals surface area contributed by atoms with Crippen LogP contribution < -0.4 is 4.90 Å². The van der Waals surface area contributed by atoms with E-state index in [1.165, 1.54) is 0 Å². The van der Waals surface area contributed by atoms with Gasteiger partial charge in [-0.2, -0.15) is 0 Å². The molecule has 1 aromatic carbocycles. The van der Waals surface area contributed by atoms with E-state index in [9.17, 15) is 9.59 Å². The van der Waals surface area contributed by atoms with Gasteiger partial charge in [-0.3, -0.25) is 9.59 Å². The quantitative estimate of drug-likeness (QED) is 0.587. The molecule has 5 heteroatoms. The number of thiophene rings is 1. The summed E-state index contributed by atoms with van der Waals surface area (Å²) in [6, 6.07) is 12.0. The molecule has 0 N–H and O–H groups in total. The minimum absolute atomic E-state index is 0.167. The second-order valence-electron chi connectivity index (χ2n) is 6.58. The van der Waals surface area contributed by atoms with Crippen molar-refractivity contribution in [2.24, 2.45) is 5.92 Å². The van der Waals surface area contributed by atoms with Crippen molar-refractivity contribution in [3.63, 3.8) is 0 Å². The first-order valence-corrected chi connectivity index (χ1v) is 9.61. The monoisotopic (exact) mass is 369 g/mol. The highest BCUT2D eigenvalue weighted by molar-refractivity contribution is 7.11. The Morgan fingerprint density at radius 3 is 2.54 bits per heavy atom. The number of nitrogens with zero attached hydrogens (tertiary/aromatic N) is 1. The summed E-state index contributed by atoms with van der Waals surface area (Å²) in [5.74, 6) is -1.58. The average Bonchev–Trinajstić information content (AvgIpc) is 3.16. The highest BCUT2D eigenvalue weighted by atomic mass is 32.1. The molecule has 0 spiro atoms. The number of carbonyl (C=O) groups is 2. The van der Waals surface area contributed by atoms with Gasteiger partial charge in [0.25, 0.3) is 0 Å². The molecule has 0 fully saturated rings. The van der Waals surface area contributed by atoms with Gasteiger partial charge in [-0.25, -0.2) is 0 Å². The van der Waals surface area contributed by atoms with Gasteiger partial charge in [0.05, 0.1) is 6.61 Å². The lowest BCUT2D eigenvalue weighted by Gasteiger charge is -2.29. The molecule has 0 unspecified atom stereocenters. The van der Waals surface area contributed by atoms with E-state index in [1.807, 2.05) is 60.8 Å². The number of carbonyl (C=O) groups excluding carboxylic acids is 2. The molecule has 2 atom stereocenters. The van der Waals surface area contributed by atoms with Crippen molar-refractivity contribution < 1.29 is 14.3 Å². The summed E-state index contributed by atoms with van der Waals surface area (Å²) in [4.78, 5) is 28.4. The summed E-state index contributed by atoms with van der Waals surface area (Å²) in [6.45, 7) is 2.04. The highest BCUT2D eigenvalue weighted by Gasteiger charge is 2.39. The Morgan fingerprint density at radius 1 is 1.23 bits per heavy atom. The van der Waals surface area contributed by atoms with Gasteiger partial charge >= 0.3 is 5.97 Å². The number of hydrogen-bond acceptors (Lipinski definition) is 5. The number of anilines is 1. The molecule has 1 aromatic heterocycles. The van der Waals surface area contributed by atoms with Crippen molar-refractivity contribution in [3.8, 4) is 0 Å². The maximum absolute atomic E-state index is 12.8. The molecule has 3 rings (SSSR count). The van der Waals surface area contributed by atoms with Crippen LogP contribution in [-0.2, 0) is 14.3 Å². The minimum Gasteiger partial charge on any atom is -0.465 e. The second kappa shape index (κ2) is 7.87. The molecule has 0 bridgehead atoms. The third kappa shape index (κ3) is 3.73. The number of hydrogen-bond donors (Lipinski definition) is 0. The lowest BCUT2D eigenvalue weighted by atomic mass is 9.74. The Labute approximate surface area is 158 Å². The van der Waals surface area contributed by atoms with E-state index in [4.69, 9.17) is 4.74 Å². The van der Waals surface area contributed by atoms with Crippen LogP contribution in [0.15, 0.2) is 47.9 Å². The summed E-state index contributed by atoms with van der Waals surface area (Å²) < 4.78 is 5.20. The molecular weight excluding hydrogens is 346 g/mol. The van der Waals surface area contributed by atoms with Crippen molar-refractivity contribution in [1.82, 2.24) is 0 Å². The van der Waals surface area contributed by atoms with Crippen LogP contribution in [0.25, 0.3) is 5.57 Å². The van der Waals surface area contributed by atoms with Crippen molar-refractivity contribution in [3.05, 3.63) is 58.3 Å². The molecule has 1 heterocycles. The zero-order valence-electron chi connectivity index (χ0n) is 15.3. The molecule has 0 aliphatic heterocycles. The lowest BCUT2D eigenvalue weighted by Crippen LogP contribution is -2.33. The van der Waals surface area contributed by atoms with E-state index in [-0.39, 0.29) is 18.3 Å². The van der Waals surface area contributed by atoms with Crippen LogP contribution in [0.5, 0.6) is 0 Å². The van der Waals surface area contributed by atoms with Crippen molar-refractivity contribution >= 4 is 34.3 Å². The molecule has 4 nitrogen and oxygen atoms in total. The van der Waals surface area contributed by atoms with Crippen LogP contribution in [0.1, 0.15) is 29.7 Å². The van der Waals surface area contributed by atoms with Gasteiger partial charge in [0, 0.05) is 30.6 Å². The predicted molar refractivity (Wildman–Crippen MR) is 106 cm³/mol. The fraction of sp³-hybridized carbons (Fsp3) is 0.333. The fourth-order valence-electron chi connectivity index (χ4n) is 3.35. The minimum atomic E-state index is -0.774. The van der Waals surface area contributed by atoms with Gasteiger partial charge in [-0.15, -0.1) is 11.3 Å². The number of rotatable bonds is 5. The molecule has 0 amide bonds. The lowest BCUT2D eigenvalue weighted by molar-refractivity contribution is -0.151. The normalized spacial score (nSPS) is 19.8. The Balaban J connectivity index is 1.98. The number of ketones is 1. The fourth-order valence-corrected chi connectivity index (χ4v) is 4.10. The van der Waals surface area contributed by atoms with E-state index in [0.717, 1.165) is 21.7 Å². The van der Waals surface area contributed by atoms with Crippen LogP contribution in [-0.4, -0.2) is 32.5 Å². The molecule has 0 radical (unpaired) electrons. The van der Waals surface area contributed by atoms with Crippen molar-refractivity contribution in [1.29, 1.82) is 0 Å². The molecule has 1 aliphatic rings. The van der Waals surface area contributed by atoms with E-state index in [1.54, 1.807) is 24.3 Å². The average molecular weight is 369 g/mol. The van der Waals surface area contributed by atoms with Gasteiger partial charge in [0.1, 0.15) is 5.92 Å². The largest absolute Gasteiger partial charge is 0.465 e. The molecule has 1 aliphatic carbocycles. The summed E-state index contributed by atoms with van der Waals surface area (Å²) in [7, 11) is 3.97. The molecular formula is C21H23NO3S. The summed E-state index contributed by atoms with van der Waals surface area (Å²) in [5.41, 5.74) is 3.06. The Morgan fingerprint density at radius 2 is 1.96 bits per heavy atom. The first-order valence-electron chi connectivity index (χ1n) is 8.73. The van der Waals surface area contributed by atoms with Crippen molar-refractivity contribution in [2.45, 2.75) is 19.3 Å². The molecule has 0 saturated carbocycles. The smallest absolute Gasteiger partial charge is 0.317 e. The van der Waals surface area contributed by atoms with Crippen LogP contribution in [0, 0.1) is 5.92 Å². The Bertz CT molecular complexity index is 806. The van der Waals surface area contributed by atoms with Crippen LogP contribution in [0.3, 0.4) is 0 Å². The third-order valence-electron chi connectivity index (χ3n) is 4.68. The first kappa shape index (κ1) is 18.4. The maximum atomic E-state index is 12.8. The molecule has 2 aromatic rings. The third-order valence-corrected chi connectivity index (χ3v) is 5.63. The summed E-state index contributed by atoms with van der Waals surface area (Å²) in [5, 5.41) is 2.00. The van der Waals surface area contributed by atoms with Crippen LogP contribution in [0.2, 0.25) is 0 Å². The summed E-state index contributed by atoms with van der Waals surface area (Å²) >= 11 is 1.61. The number of esters is 1.